The molecule has 1 aliphatic carbocycles. The van der Waals surface area contributed by atoms with Gasteiger partial charge in [0.25, 0.3) is 5.91 Å². The lowest BCUT2D eigenvalue weighted by Gasteiger charge is -2.19. The van der Waals surface area contributed by atoms with Crippen molar-refractivity contribution in [3.05, 3.63) is 34.9 Å². The molecule has 0 radical (unpaired) electrons. The first kappa shape index (κ1) is 11.7. The fourth-order valence-electron chi connectivity index (χ4n) is 2.98. The van der Waals surface area contributed by atoms with Crippen molar-refractivity contribution in [2.24, 2.45) is 0 Å². The van der Waals surface area contributed by atoms with E-state index in [1.807, 2.05) is 6.07 Å². The highest BCUT2D eigenvalue weighted by Gasteiger charge is 2.25. The number of nitrogens with zero attached hydrogens (tertiary/aromatic N) is 1. The van der Waals surface area contributed by atoms with Crippen molar-refractivity contribution in [2.75, 3.05) is 13.1 Å². The van der Waals surface area contributed by atoms with Gasteiger partial charge in [-0.3, -0.25) is 4.79 Å². The zero-order valence-corrected chi connectivity index (χ0v) is 10.6. The van der Waals surface area contributed by atoms with Crippen molar-refractivity contribution in [1.29, 1.82) is 0 Å². The highest BCUT2D eigenvalue weighted by Crippen LogP contribution is 2.23. The molecule has 1 aromatic rings. The predicted molar refractivity (Wildman–Crippen MR) is 69.6 cm³/mol. The largest absolute Gasteiger partial charge is 0.391 e. The monoisotopic (exact) mass is 245 g/mol. The van der Waals surface area contributed by atoms with Crippen LogP contribution in [0.1, 0.15) is 40.7 Å². The van der Waals surface area contributed by atoms with Crippen LogP contribution in [0.3, 0.4) is 0 Å². The summed E-state index contributed by atoms with van der Waals surface area (Å²) in [5, 5.41) is 9.49. The SMILES string of the molecule is O=C(c1ccc2c(c1)CCCC2)N1CC[C@H](O)C1. The van der Waals surface area contributed by atoms with Crippen LogP contribution in [0.4, 0.5) is 0 Å². The Bertz CT molecular complexity index is 470. The van der Waals surface area contributed by atoms with Gasteiger partial charge in [-0.25, -0.2) is 0 Å². The smallest absolute Gasteiger partial charge is 0.253 e. The number of aliphatic hydroxyl groups excluding tert-OH is 1. The van der Waals surface area contributed by atoms with Crippen LogP contribution in [-0.2, 0) is 12.8 Å². The summed E-state index contributed by atoms with van der Waals surface area (Å²) in [6.07, 6.45) is 5.10. The quantitative estimate of drug-likeness (QED) is 0.819. The average molecular weight is 245 g/mol. The first-order valence-corrected chi connectivity index (χ1v) is 6.83. The number of likely N-dealkylation sites (tertiary alicyclic amines) is 1. The summed E-state index contributed by atoms with van der Waals surface area (Å²) in [5.74, 6) is 0.0694. The maximum absolute atomic E-state index is 12.3. The van der Waals surface area contributed by atoms with Crippen molar-refractivity contribution >= 4 is 5.91 Å². The topological polar surface area (TPSA) is 40.5 Å². The minimum Gasteiger partial charge on any atom is -0.391 e. The number of β-amino-alcohol motifs (C(OH)–C–C–N with tert-alkyl or cyclic N) is 1. The van der Waals surface area contributed by atoms with Gasteiger partial charge in [0.05, 0.1) is 6.10 Å². The molecule has 0 unspecified atom stereocenters. The van der Waals surface area contributed by atoms with E-state index in [2.05, 4.69) is 12.1 Å². The zero-order chi connectivity index (χ0) is 12.5. The number of hydrogen-bond acceptors (Lipinski definition) is 2. The molecule has 1 aromatic carbocycles. The Kier molecular flexibility index (Phi) is 3.08. The molecule has 0 bridgehead atoms. The van der Waals surface area contributed by atoms with Gasteiger partial charge in [-0.2, -0.15) is 0 Å². The summed E-state index contributed by atoms with van der Waals surface area (Å²) in [6, 6.07) is 6.10. The molecule has 3 nitrogen and oxygen atoms in total. The summed E-state index contributed by atoms with van der Waals surface area (Å²) in [6.45, 7) is 1.16. The predicted octanol–water partition coefficient (Wildman–Crippen LogP) is 1.77. The summed E-state index contributed by atoms with van der Waals surface area (Å²) >= 11 is 0. The van der Waals surface area contributed by atoms with Crippen LogP contribution < -0.4 is 0 Å². The van der Waals surface area contributed by atoms with Gasteiger partial charge >= 0.3 is 0 Å². The van der Waals surface area contributed by atoms with Gasteiger partial charge in [-0.15, -0.1) is 0 Å². The van der Waals surface area contributed by atoms with E-state index in [1.165, 1.54) is 24.0 Å². The van der Waals surface area contributed by atoms with Crippen LogP contribution in [-0.4, -0.2) is 35.1 Å². The Labute approximate surface area is 107 Å². The Morgan fingerprint density at radius 2 is 2.00 bits per heavy atom. The summed E-state index contributed by atoms with van der Waals surface area (Å²) in [7, 11) is 0. The molecule has 2 aliphatic rings. The second kappa shape index (κ2) is 4.73. The van der Waals surface area contributed by atoms with E-state index < -0.39 is 0 Å². The standard InChI is InChI=1S/C15H19NO2/c17-14-7-8-16(10-14)15(18)13-6-5-11-3-1-2-4-12(11)9-13/h5-6,9,14,17H,1-4,7-8,10H2/t14-/m0/s1. The van der Waals surface area contributed by atoms with Gasteiger partial charge in [-0.05, 0) is 55.4 Å². The van der Waals surface area contributed by atoms with Gasteiger partial charge in [0, 0.05) is 18.7 Å². The maximum atomic E-state index is 12.3. The third-order valence-electron chi connectivity index (χ3n) is 4.05. The molecular formula is C15H19NO2. The molecule has 3 rings (SSSR count). The van der Waals surface area contributed by atoms with Crippen molar-refractivity contribution in [2.45, 2.75) is 38.2 Å². The molecular weight excluding hydrogens is 226 g/mol. The van der Waals surface area contributed by atoms with Gasteiger partial charge in [0.15, 0.2) is 0 Å². The van der Waals surface area contributed by atoms with Gasteiger partial charge < -0.3 is 10.0 Å². The van der Waals surface area contributed by atoms with Crippen LogP contribution >= 0.6 is 0 Å². The maximum Gasteiger partial charge on any atom is 0.253 e. The summed E-state index contributed by atoms with van der Waals surface area (Å²) in [5.41, 5.74) is 3.52. The third-order valence-corrected chi connectivity index (χ3v) is 4.05. The summed E-state index contributed by atoms with van der Waals surface area (Å²) < 4.78 is 0. The second-order valence-electron chi connectivity index (χ2n) is 5.38. The Morgan fingerprint density at radius 1 is 1.22 bits per heavy atom. The number of carbonyl (C=O) groups excluding carboxylic acids is 1. The Hall–Kier alpha value is -1.35. The van der Waals surface area contributed by atoms with Crippen LogP contribution in [0.25, 0.3) is 0 Å². The third kappa shape index (κ3) is 2.15. The highest BCUT2D eigenvalue weighted by atomic mass is 16.3. The number of aliphatic hydroxyl groups is 1. The van der Waals surface area contributed by atoms with Crippen LogP contribution in [0.5, 0.6) is 0 Å². The van der Waals surface area contributed by atoms with Crippen molar-refractivity contribution in [3.8, 4) is 0 Å². The fourth-order valence-corrected chi connectivity index (χ4v) is 2.98. The minimum atomic E-state index is -0.341. The molecule has 1 fully saturated rings. The molecule has 96 valence electrons. The van der Waals surface area contributed by atoms with E-state index in [-0.39, 0.29) is 12.0 Å². The van der Waals surface area contributed by atoms with Crippen molar-refractivity contribution in [1.82, 2.24) is 4.90 Å². The fraction of sp³-hybridized carbons (Fsp3) is 0.533. The first-order valence-electron chi connectivity index (χ1n) is 6.83. The van der Waals surface area contributed by atoms with Gasteiger partial charge in [-0.1, -0.05) is 6.07 Å². The summed E-state index contributed by atoms with van der Waals surface area (Å²) in [4.78, 5) is 14.1. The van der Waals surface area contributed by atoms with Crippen molar-refractivity contribution in [3.63, 3.8) is 0 Å². The van der Waals surface area contributed by atoms with E-state index in [0.29, 0.717) is 19.5 Å². The van der Waals surface area contributed by atoms with E-state index in [1.54, 1.807) is 4.90 Å². The molecule has 0 spiro atoms. The normalized spacial score (nSPS) is 22.9. The van der Waals surface area contributed by atoms with E-state index >= 15 is 0 Å². The molecule has 1 heterocycles. The molecule has 1 amide bonds. The number of fused-ring (bicyclic) bond motifs is 1. The molecule has 1 aliphatic heterocycles. The lowest BCUT2D eigenvalue weighted by molar-refractivity contribution is 0.0765. The molecule has 0 aromatic heterocycles. The highest BCUT2D eigenvalue weighted by molar-refractivity contribution is 5.94. The lowest BCUT2D eigenvalue weighted by atomic mass is 9.90. The molecule has 1 N–H and O–H groups in total. The second-order valence-corrected chi connectivity index (χ2v) is 5.38. The molecule has 1 atom stereocenters. The Morgan fingerprint density at radius 3 is 2.72 bits per heavy atom. The first-order chi connectivity index (χ1) is 8.74. The van der Waals surface area contributed by atoms with E-state index in [9.17, 15) is 9.90 Å². The molecule has 0 saturated carbocycles. The number of carbonyl (C=O) groups is 1. The van der Waals surface area contributed by atoms with E-state index in [4.69, 9.17) is 0 Å². The Balaban J connectivity index is 1.81. The lowest BCUT2D eigenvalue weighted by Crippen LogP contribution is -2.29. The van der Waals surface area contributed by atoms with Crippen molar-refractivity contribution < 1.29 is 9.90 Å². The number of aryl methyl sites for hydroxylation is 2. The van der Waals surface area contributed by atoms with Crippen LogP contribution in [0, 0.1) is 0 Å². The van der Waals surface area contributed by atoms with Crippen LogP contribution in [0.2, 0.25) is 0 Å². The molecule has 3 heteroatoms. The molecule has 1 saturated heterocycles. The number of amides is 1. The number of benzene rings is 1. The minimum absolute atomic E-state index is 0.0694. The van der Waals surface area contributed by atoms with Gasteiger partial charge in [0.2, 0.25) is 0 Å². The average Bonchev–Trinajstić information content (AvgIpc) is 2.84. The van der Waals surface area contributed by atoms with Crippen LogP contribution in [0.15, 0.2) is 18.2 Å². The number of rotatable bonds is 1. The zero-order valence-electron chi connectivity index (χ0n) is 10.6. The molecule has 18 heavy (non-hydrogen) atoms. The van der Waals surface area contributed by atoms with E-state index in [0.717, 1.165) is 18.4 Å². The van der Waals surface area contributed by atoms with Gasteiger partial charge in [0.1, 0.15) is 0 Å². The number of hydrogen-bond donors (Lipinski definition) is 1.